The van der Waals surface area contributed by atoms with Crippen molar-refractivity contribution in [1.82, 2.24) is 10.1 Å². The standard InChI is InChI=1S/C18H23N3O3/c1-12-8-17(20-24-12)9-19-16-6-4-15(5-7-16)18(22)21-10-13(2)23-14(3)11-21/h4-8,13-14,19H,9-11H2,1-3H3/t13-,14-/m1/s1. The van der Waals surface area contributed by atoms with E-state index in [9.17, 15) is 4.79 Å². The van der Waals surface area contributed by atoms with Crippen molar-refractivity contribution in [3.05, 3.63) is 47.3 Å². The van der Waals surface area contributed by atoms with Gasteiger partial charge in [0.25, 0.3) is 5.91 Å². The van der Waals surface area contributed by atoms with Gasteiger partial charge in [-0.3, -0.25) is 4.79 Å². The van der Waals surface area contributed by atoms with Crippen LogP contribution in [-0.4, -0.2) is 41.3 Å². The van der Waals surface area contributed by atoms with E-state index in [1.165, 1.54) is 0 Å². The van der Waals surface area contributed by atoms with Gasteiger partial charge >= 0.3 is 0 Å². The van der Waals surface area contributed by atoms with Crippen LogP contribution in [0.5, 0.6) is 0 Å². The van der Waals surface area contributed by atoms with Gasteiger partial charge in [-0.2, -0.15) is 0 Å². The molecule has 1 aliphatic rings. The molecule has 1 amide bonds. The minimum Gasteiger partial charge on any atom is -0.379 e. The third-order valence-electron chi connectivity index (χ3n) is 3.99. The number of nitrogens with one attached hydrogen (secondary N) is 1. The predicted octanol–water partition coefficient (Wildman–Crippen LogP) is 2.84. The first-order valence-corrected chi connectivity index (χ1v) is 8.22. The maximum absolute atomic E-state index is 12.6. The summed E-state index contributed by atoms with van der Waals surface area (Å²) in [6, 6.07) is 9.42. The first-order chi connectivity index (χ1) is 11.5. The van der Waals surface area contributed by atoms with E-state index in [0.29, 0.717) is 25.2 Å². The number of amides is 1. The lowest BCUT2D eigenvalue weighted by Gasteiger charge is -2.35. The van der Waals surface area contributed by atoms with Gasteiger partial charge in [0.2, 0.25) is 0 Å². The fourth-order valence-electron chi connectivity index (χ4n) is 2.95. The van der Waals surface area contributed by atoms with Crippen molar-refractivity contribution in [2.75, 3.05) is 18.4 Å². The Bertz CT molecular complexity index is 686. The number of hydrogen-bond acceptors (Lipinski definition) is 5. The summed E-state index contributed by atoms with van der Waals surface area (Å²) >= 11 is 0. The molecular formula is C18H23N3O3. The number of anilines is 1. The molecule has 1 aliphatic heterocycles. The number of rotatable bonds is 4. The number of morpholine rings is 1. The molecule has 0 bridgehead atoms. The number of nitrogens with zero attached hydrogens (tertiary/aromatic N) is 2. The Morgan fingerprint density at radius 2 is 1.92 bits per heavy atom. The fraction of sp³-hybridized carbons (Fsp3) is 0.444. The van der Waals surface area contributed by atoms with Gasteiger partial charge in [-0.25, -0.2) is 0 Å². The summed E-state index contributed by atoms with van der Waals surface area (Å²) in [6.45, 7) is 7.71. The van der Waals surface area contributed by atoms with E-state index < -0.39 is 0 Å². The number of benzene rings is 1. The van der Waals surface area contributed by atoms with Crippen LogP contribution in [0.4, 0.5) is 5.69 Å². The average molecular weight is 329 g/mol. The Hall–Kier alpha value is -2.34. The van der Waals surface area contributed by atoms with Gasteiger partial charge in [0.15, 0.2) is 0 Å². The molecule has 2 aromatic rings. The van der Waals surface area contributed by atoms with E-state index in [0.717, 1.165) is 17.1 Å². The summed E-state index contributed by atoms with van der Waals surface area (Å²) in [5, 5.41) is 7.21. The molecule has 1 aromatic heterocycles. The molecule has 6 heteroatoms. The highest BCUT2D eigenvalue weighted by atomic mass is 16.5. The van der Waals surface area contributed by atoms with Gasteiger partial charge < -0.3 is 19.5 Å². The van der Waals surface area contributed by atoms with E-state index in [2.05, 4.69) is 10.5 Å². The molecule has 0 saturated carbocycles. The molecule has 2 atom stereocenters. The Balaban J connectivity index is 1.60. The van der Waals surface area contributed by atoms with Crippen LogP contribution in [0, 0.1) is 6.92 Å². The van der Waals surface area contributed by atoms with Crippen LogP contribution >= 0.6 is 0 Å². The third-order valence-corrected chi connectivity index (χ3v) is 3.99. The zero-order valence-corrected chi connectivity index (χ0v) is 14.3. The van der Waals surface area contributed by atoms with Gasteiger partial charge in [-0.05, 0) is 45.0 Å². The lowest BCUT2D eigenvalue weighted by molar-refractivity contribution is -0.0586. The van der Waals surface area contributed by atoms with Crippen molar-refractivity contribution in [3.63, 3.8) is 0 Å². The number of hydrogen-bond donors (Lipinski definition) is 1. The normalized spacial score (nSPS) is 20.9. The van der Waals surface area contributed by atoms with Gasteiger partial charge in [0.1, 0.15) is 11.5 Å². The molecule has 6 nitrogen and oxygen atoms in total. The average Bonchev–Trinajstić information content (AvgIpc) is 2.97. The van der Waals surface area contributed by atoms with E-state index in [-0.39, 0.29) is 18.1 Å². The van der Waals surface area contributed by atoms with Crippen LogP contribution in [-0.2, 0) is 11.3 Å². The second-order valence-corrected chi connectivity index (χ2v) is 6.33. The molecular weight excluding hydrogens is 306 g/mol. The second kappa shape index (κ2) is 7.05. The maximum atomic E-state index is 12.6. The lowest BCUT2D eigenvalue weighted by Crippen LogP contribution is -2.48. The quantitative estimate of drug-likeness (QED) is 0.934. The first-order valence-electron chi connectivity index (χ1n) is 8.22. The van der Waals surface area contributed by atoms with Gasteiger partial charge in [-0.1, -0.05) is 5.16 Å². The van der Waals surface area contributed by atoms with Gasteiger partial charge in [0.05, 0.1) is 18.8 Å². The number of aryl methyl sites for hydroxylation is 1. The Kier molecular flexibility index (Phi) is 4.85. The molecule has 1 saturated heterocycles. The first kappa shape index (κ1) is 16.5. The molecule has 2 heterocycles. The van der Waals surface area contributed by atoms with Crippen molar-refractivity contribution >= 4 is 11.6 Å². The summed E-state index contributed by atoms with van der Waals surface area (Å²) < 4.78 is 10.7. The molecule has 24 heavy (non-hydrogen) atoms. The van der Waals surface area contributed by atoms with Crippen LogP contribution in [0.1, 0.15) is 35.7 Å². The van der Waals surface area contributed by atoms with E-state index in [1.807, 2.05) is 56.0 Å². The number of carbonyl (C=O) groups is 1. The summed E-state index contributed by atoms with van der Waals surface area (Å²) in [5.41, 5.74) is 2.49. The van der Waals surface area contributed by atoms with Crippen LogP contribution < -0.4 is 5.32 Å². The number of carbonyl (C=O) groups excluding carboxylic acids is 1. The highest BCUT2D eigenvalue weighted by molar-refractivity contribution is 5.94. The Labute approximate surface area is 141 Å². The molecule has 0 unspecified atom stereocenters. The molecule has 0 aliphatic carbocycles. The van der Waals surface area contributed by atoms with Crippen LogP contribution in [0.25, 0.3) is 0 Å². The Morgan fingerprint density at radius 3 is 2.50 bits per heavy atom. The van der Waals surface area contributed by atoms with E-state index in [1.54, 1.807) is 0 Å². The Morgan fingerprint density at radius 1 is 1.25 bits per heavy atom. The van der Waals surface area contributed by atoms with Crippen molar-refractivity contribution in [2.45, 2.75) is 39.5 Å². The van der Waals surface area contributed by atoms with Crippen molar-refractivity contribution in [2.24, 2.45) is 0 Å². The smallest absolute Gasteiger partial charge is 0.254 e. The minimum absolute atomic E-state index is 0.0516. The van der Waals surface area contributed by atoms with E-state index in [4.69, 9.17) is 9.26 Å². The highest BCUT2D eigenvalue weighted by Gasteiger charge is 2.26. The zero-order valence-electron chi connectivity index (χ0n) is 14.3. The fourth-order valence-corrected chi connectivity index (χ4v) is 2.95. The largest absolute Gasteiger partial charge is 0.379 e. The summed E-state index contributed by atoms with van der Waals surface area (Å²) in [4.78, 5) is 14.5. The lowest BCUT2D eigenvalue weighted by atomic mass is 10.1. The van der Waals surface area contributed by atoms with Crippen molar-refractivity contribution in [3.8, 4) is 0 Å². The number of ether oxygens (including phenoxy) is 1. The van der Waals surface area contributed by atoms with E-state index >= 15 is 0 Å². The van der Waals surface area contributed by atoms with Crippen molar-refractivity contribution < 1.29 is 14.1 Å². The van der Waals surface area contributed by atoms with Crippen LogP contribution in [0.2, 0.25) is 0 Å². The van der Waals surface area contributed by atoms with Gasteiger partial charge in [-0.15, -0.1) is 0 Å². The molecule has 128 valence electrons. The SMILES string of the molecule is Cc1cc(CNc2ccc(C(=O)N3C[C@@H](C)O[C@H](C)C3)cc2)no1. The molecule has 1 aromatic carbocycles. The molecule has 3 rings (SSSR count). The minimum atomic E-state index is 0.0516. The third kappa shape index (κ3) is 3.94. The summed E-state index contributed by atoms with van der Waals surface area (Å²) in [5.74, 6) is 0.845. The number of aromatic nitrogens is 1. The van der Waals surface area contributed by atoms with Crippen molar-refractivity contribution in [1.29, 1.82) is 0 Å². The maximum Gasteiger partial charge on any atom is 0.254 e. The van der Waals surface area contributed by atoms with Crippen LogP contribution in [0.15, 0.2) is 34.9 Å². The monoisotopic (exact) mass is 329 g/mol. The molecule has 1 N–H and O–H groups in total. The summed E-state index contributed by atoms with van der Waals surface area (Å²) in [6.07, 6.45) is 0.147. The molecule has 0 radical (unpaired) electrons. The molecule has 1 fully saturated rings. The molecule has 0 spiro atoms. The van der Waals surface area contributed by atoms with Gasteiger partial charge in [0, 0.05) is 30.4 Å². The summed E-state index contributed by atoms with van der Waals surface area (Å²) in [7, 11) is 0. The highest BCUT2D eigenvalue weighted by Crippen LogP contribution is 2.17. The predicted molar refractivity (Wildman–Crippen MR) is 90.9 cm³/mol. The second-order valence-electron chi connectivity index (χ2n) is 6.33. The topological polar surface area (TPSA) is 67.6 Å². The van der Waals surface area contributed by atoms with Crippen LogP contribution in [0.3, 0.4) is 0 Å². The zero-order chi connectivity index (χ0) is 17.1.